The van der Waals surface area contributed by atoms with Gasteiger partial charge in [0.2, 0.25) is 0 Å². The van der Waals surface area contributed by atoms with Gasteiger partial charge in [0.1, 0.15) is 5.69 Å². The summed E-state index contributed by atoms with van der Waals surface area (Å²) in [5.74, 6) is 0. The Balaban J connectivity index is 3.51. The van der Waals surface area contributed by atoms with E-state index in [1.165, 1.54) is 0 Å². The van der Waals surface area contributed by atoms with Crippen molar-refractivity contribution in [3.05, 3.63) is 32.3 Å². The van der Waals surface area contributed by atoms with Crippen LogP contribution in [0.1, 0.15) is 5.56 Å². The first-order valence-electron chi connectivity index (χ1n) is 3.54. The number of nitrogens with two attached hydrogens (primary N) is 1. The molecule has 0 radical (unpaired) electrons. The topological polar surface area (TPSA) is 69.2 Å². The van der Waals surface area contributed by atoms with Crippen molar-refractivity contribution in [1.82, 2.24) is 0 Å². The SMILES string of the molecule is Nc1c([N+](=O)[O-])ccc(Br)c1C(F)(F)F. The van der Waals surface area contributed by atoms with E-state index in [0.29, 0.717) is 0 Å². The van der Waals surface area contributed by atoms with Crippen LogP contribution >= 0.6 is 15.9 Å². The maximum atomic E-state index is 12.4. The van der Waals surface area contributed by atoms with Crippen LogP contribution < -0.4 is 5.73 Å². The van der Waals surface area contributed by atoms with Gasteiger partial charge in [-0.05, 0) is 6.07 Å². The molecule has 1 aromatic rings. The minimum atomic E-state index is -4.73. The van der Waals surface area contributed by atoms with Crippen molar-refractivity contribution in [3.63, 3.8) is 0 Å². The number of alkyl halides is 3. The molecule has 0 atom stereocenters. The lowest BCUT2D eigenvalue weighted by Gasteiger charge is -2.11. The number of hydrogen-bond acceptors (Lipinski definition) is 3. The molecule has 2 N–H and O–H groups in total. The molecule has 0 bridgehead atoms. The van der Waals surface area contributed by atoms with Crippen molar-refractivity contribution in [1.29, 1.82) is 0 Å². The molecule has 0 aromatic heterocycles. The molecule has 0 saturated carbocycles. The molecule has 0 amide bonds. The first kappa shape index (κ1) is 11.8. The van der Waals surface area contributed by atoms with Crippen LogP contribution in [0.3, 0.4) is 0 Å². The molecule has 1 rings (SSSR count). The molecular weight excluding hydrogens is 281 g/mol. The zero-order valence-corrected chi connectivity index (χ0v) is 8.59. The lowest BCUT2D eigenvalue weighted by Crippen LogP contribution is -2.11. The summed E-state index contributed by atoms with van der Waals surface area (Å²) in [4.78, 5) is 9.39. The third kappa shape index (κ3) is 2.20. The first-order chi connectivity index (χ1) is 6.75. The van der Waals surface area contributed by atoms with E-state index in [-0.39, 0.29) is 4.47 Å². The number of nitro groups is 1. The molecule has 0 heterocycles. The fourth-order valence-corrected chi connectivity index (χ4v) is 1.60. The molecule has 0 aliphatic heterocycles. The predicted octanol–water partition coefficient (Wildman–Crippen LogP) is 2.96. The zero-order valence-electron chi connectivity index (χ0n) is 7.01. The second-order valence-corrected chi connectivity index (χ2v) is 3.46. The van der Waals surface area contributed by atoms with Gasteiger partial charge in [0.25, 0.3) is 5.69 Å². The second kappa shape index (κ2) is 3.69. The van der Waals surface area contributed by atoms with Gasteiger partial charge in [-0.25, -0.2) is 0 Å². The van der Waals surface area contributed by atoms with Crippen molar-refractivity contribution in [2.45, 2.75) is 6.18 Å². The average molecular weight is 285 g/mol. The quantitative estimate of drug-likeness (QED) is 0.490. The van der Waals surface area contributed by atoms with Crippen molar-refractivity contribution in [2.24, 2.45) is 0 Å². The van der Waals surface area contributed by atoms with Gasteiger partial charge in [0, 0.05) is 10.5 Å². The number of anilines is 1. The summed E-state index contributed by atoms with van der Waals surface area (Å²) in [6.45, 7) is 0. The molecule has 0 saturated heterocycles. The number of hydrogen-bond donors (Lipinski definition) is 1. The van der Waals surface area contributed by atoms with Gasteiger partial charge in [0.05, 0.1) is 10.5 Å². The number of nitro benzene ring substituents is 1. The van der Waals surface area contributed by atoms with E-state index >= 15 is 0 Å². The largest absolute Gasteiger partial charge is 0.419 e. The lowest BCUT2D eigenvalue weighted by molar-refractivity contribution is -0.384. The normalized spacial score (nSPS) is 11.5. The monoisotopic (exact) mass is 284 g/mol. The Morgan fingerprint density at radius 2 is 1.93 bits per heavy atom. The molecule has 0 aliphatic carbocycles. The van der Waals surface area contributed by atoms with Crippen LogP contribution in [0.15, 0.2) is 16.6 Å². The number of nitrogens with zero attached hydrogens (tertiary/aromatic N) is 1. The summed E-state index contributed by atoms with van der Waals surface area (Å²) >= 11 is 2.64. The van der Waals surface area contributed by atoms with Crippen LogP contribution in [0.25, 0.3) is 0 Å². The van der Waals surface area contributed by atoms with E-state index < -0.39 is 28.0 Å². The average Bonchev–Trinajstić information content (AvgIpc) is 2.00. The van der Waals surface area contributed by atoms with Crippen LogP contribution in [-0.4, -0.2) is 4.92 Å². The summed E-state index contributed by atoms with van der Waals surface area (Å²) in [6, 6.07) is 1.85. The van der Waals surface area contributed by atoms with Crippen molar-refractivity contribution in [3.8, 4) is 0 Å². The minimum absolute atomic E-state index is 0.321. The van der Waals surface area contributed by atoms with Gasteiger partial charge < -0.3 is 5.73 Å². The van der Waals surface area contributed by atoms with Crippen LogP contribution in [-0.2, 0) is 6.18 Å². The molecule has 82 valence electrons. The van der Waals surface area contributed by atoms with Crippen LogP contribution in [0.4, 0.5) is 24.5 Å². The van der Waals surface area contributed by atoms with Crippen LogP contribution in [0, 0.1) is 10.1 Å². The van der Waals surface area contributed by atoms with E-state index in [0.717, 1.165) is 12.1 Å². The van der Waals surface area contributed by atoms with E-state index in [4.69, 9.17) is 5.73 Å². The zero-order chi connectivity index (χ0) is 11.8. The molecule has 0 aliphatic rings. The third-order valence-corrected chi connectivity index (χ3v) is 2.31. The van der Waals surface area contributed by atoms with Crippen molar-refractivity contribution in [2.75, 3.05) is 5.73 Å². The highest BCUT2D eigenvalue weighted by Gasteiger charge is 2.38. The molecule has 1 aromatic carbocycles. The molecule has 0 unspecified atom stereocenters. The molecule has 15 heavy (non-hydrogen) atoms. The van der Waals surface area contributed by atoms with E-state index in [1.54, 1.807) is 0 Å². The van der Waals surface area contributed by atoms with E-state index in [9.17, 15) is 23.3 Å². The Morgan fingerprint density at radius 3 is 2.33 bits per heavy atom. The van der Waals surface area contributed by atoms with Gasteiger partial charge in [-0.3, -0.25) is 10.1 Å². The Morgan fingerprint density at radius 1 is 1.40 bits per heavy atom. The summed E-state index contributed by atoms with van der Waals surface area (Å²) < 4.78 is 36.9. The smallest absolute Gasteiger partial charge is 0.393 e. The van der Waals surface area contributed by atoms with Gasteiger partial charge in [-0.1, -0.05) is 15.9 Å². The minimum Gasteiger partial charge on any atom is -0.393 e. The van der Waals surface area contributed by atoms with E-state index in [1.807, 2.05) is 0 Å². The highest BCUT2D eigenvalue weighted by Crippen LogP contribution is 2.42. The second-order valence-electron chi connectivity index (χ2n) is 2.61. The Hall–Kier alpha value is -1.31. The molecule has 0 fully saturated rings. The predicted molar refractivity (Wildman–Crippen MR) is 50.2 cm³/mol. The molecule has 0 spiro atoms. The Bertz CT molecular complexity index is 419. The van der Waals surface area contributed by atoms with E-state index in [2.05, 4.69) is 15.9 Å². The van der Waals surface area contributed by atoms with Gasteiger partial charge in [-0.15, -0.1) is 0 Å². The van der Waals surface area contributed by atoms with Crippen molar-refractivity contribution >= 4 is 27.3 Å². The van der Waals surface area contributed by atoms with Crippen LogP contribution in [0.2, 0.25) is 0 Å². The maximum Gasteiger partial charge on any atom is 0.419 e. The summed E-state index contributed by atoms with van der Waals surface area (Å²) in [5.41, 5.74) is 2.21. The van der Waals surface area contributed by atoms with Crippen molar-refractivity contribution < 1.29 is 18.1 Å². The summed E-state index contributed by atoms with van der Waals surface area (Å²) in [5, 5.41) is 10.4. The molecule has 8 heteroatoms. The highest BCUT2D eigenvalue weighted by molar-refractivity contribution is 9.10. The Labute approximate surface area is 90.2 Å². The lowest BCUT2D eigenvalue weighted by atomic mass is 10.1. The first-order valence-corrected chi connectivity index (χ1v) is 4.34. The van der Waals surface area contributed by atoms with Gasteiger partial charge >= 0.3 is 6.18 Å². The van der Waals surface area contributed by atoms with Gasteiger partial charge in [0.15, 0.2) is 0 Å². The summed E-state index contributed by atoms with van der Waals surface area (Å²) in [6.07, 6.45) is -4.73. The highest BCUT2D eigenvalue weighted by atomic mass is 79.9. The third-order valence-electron chi connectivity index (χ3n) is 1.65. The fourth-order valence-electron chi connectivity index (χ4n) is 1.03. The summed E-state index contributed by atoms with van der Waals surface area (Å²) in [7, 11) is 0. The number of rotatable bonds is 1. The standard InChI is InChI=1S/C7H4BrF3N2O2/c8-3-1-2-4(13(14)15)6(12)5(3)7(9,10)11/h1-2H,12H2. The number of halogens is 4. The molecule has 4 nitrogen and oxygen atoms in total. The molecular formula is C7H4BrF3N2O2. The number of benzene rings is 1. The number of nitrogen functional groups attached to an aromatic ring is 1. The maximum absolute atomic E-state index is 12.4. The Kier molecular flexibility index (Phi) is 2.89. The van der Waals surface area contributed by atoms with Gasteiger partial charge in [-0.2, -0.15) is 13.2 Å². The fraction of sp³-hybridized carbons (Fsp3) is 0.143. The van der Waals surface area contributed by atoms with Crippen LogP contribution in [0.5, 0.6) is 0 Å².